The van der Waals surface area contributed by atoms with Crippen LogP contribution in [0.25, 0.3) is 0 Å². The zero-order valence-electron chi connectivity index (χ0n) is 10.3. The van der Waals surface area contributed by atoms with Gasteiger partial charge in [-0.05, 0) is 29.6 Å². The van der Waals surface area contributed by atoms with Crippen molar-refractivity contribution in [3.63, 3.8) is 0 Å². The van der Waals surface area contributed by atoms with Crippen molar-refractivity contribution in [3.05, 3.63) is 0 Å². The molecule has 0 saturated heterocycles. The molecule has 0 aromatic carbocycles. The van der Waals surface area contributed by atoms with E-state index in [1.807, 2.05) is 0 Å². The van der Waals surface area contributed by atoms with Gasteiger partial charge >= 0.3 is 0 Å². The van der Waals surface area contributed by atoms with E-state index in [0.717, 1.165) is 0 Å². The molecule has 12 heavy (non-hydrogen) atoms. The van der Waals surface area contributed by atoms with Gasteiger partial charge in [0.25, 0.3) is 0 Å². The van der Waals surface area contributed by atoms with Crippen LogP contribution in [0.15, 0.2) is 0 Å². The first-order valence-electron chi connectivity index (χ1n) is 5.71. The monoisotopic (exact) mass is 169 g/mol. The molecular weight excluding hydrogens is 144 g/mol. The van der Waals surface area contributed by atoms with Crippen molar-refractivity contribution >= 4 is 0 Å². The fourth-order valence-electron chi connectivity index (χ4n) is 2.44. The van der Waals surface area contributed by atoms with E-state index >= 15 is 0 Å². The number of hydrogen-bond donors (Lipinski definition) is 0. The predicted octanol–water partition coefficient (Wildman–Crippen LogP) is 4.25. The van der Waals surface area contributed by atoms with Gasteiger partial charge in [-0.2, -0.15) is 0 Å². The molecule has 0 amide bonds. The first-order valence-corrected chi connectivity index (χ1v) is 5.21. The minimum Gasteiger partial charge on any atom is -0.0615 e. The minimum atomic E-state index is -0.295. The Labute approximate surface area is 79.2 Å². The normalized spacial score (nSPS) is 29.6. The van der Waals surface area contributed by atoms with Gasteiger partial charge in [0.2, 0.25) is 0 Å². The Kier molecular flexibility index (Phi) is 2.18. The van der Waals surface area contributed by atoms with Crippen molar-refractivity contribution in [2.45, 2.75) is 60.3 Å². The summed E-state index contributed by atoms with van der Waals surface area (Å²) in [5, 5.41) is 0. The van der Waals surface area contributed by atoms with Gasteiger partial charge in [-0.3, -0.25) is 0 Å². The van der Waals surface area contributed by atoms with Gasteiger partial charge in [0.05, 0.1) is 0 Å². The summed E-state index contributed by atoms with van der Waals surface area (Å²) in [5.74, 6) is -0.295. The molecule has 0 heteroatoms. The lowest BCUT2D eigenvalue weighted by Gasteiger charge is -2.40. The molecule has 0 aromatic heterocycles. The predicted molar refractivity (Wildman–Crippen MR) is 55.2 cm³/mol. The Morgan fingerprint density at radius 2 is 1.67 bits per heavy atom. The Morgan fingerprint density at radius 3 is 2.00 bits per heavy atom. The van der Waals surface area contributed by atoms with Crippen LogP contribution in [0.4, 0.5) is 0 Å². The fraction of sp³-hybridized carbons (Fsp3) is 1.00. The van der Waals surface area contributed by atoms with Gasteiger partial charge in [-0.25, -0.2) is 0 Å². The summed E-state index contributed by atoms with van der Waals surface area (Å²) >= 11 is 0. The van der Waals surface area contributed by atoms with Crippen molar-refractivity contribution in [2.24, 2.45) is 16.7 Å². The van der Waals surface area contributed by atoms with Crippen LogP contribution in [0.1, 0.15) is 61.7 Å². The van der Waals surface area contributed by atoms with Gasteiger partial charge in [-0.15, -0.1) is 0 Å². The smallest absolute Gasteiger partial charge is 0.0311 e. The van der Waals surface area contributed by atoms with E-state index in [1.165, 1.54) is 25.7 Å². The molecule has 1 unspecified atom stereocenters. The van der Waals surface area contributed by atoms with Crippen LogP contribution in [0, 0.1) is 16.7 Å². The third-order valence-corrected chi connectivity index (χ3v) is 3.74. The summed E-state index contributed by atoms with van der Waals surface area (Å²) in [4.78, 5) is 0. The number of hydrogen-bond acceptors (Lipinski definition) is 0. The first-order chi connectivity index (χ1) is 5.71. The van der Waals surface area contributed by atoms with Crippen LogP contribution >= 0.6 is 0 Å². The van der Waals surface area contributed by atoms with Crippen molar-refractivity contribution in [1.29, 1.82) is 0 Å². The van der Waals surface area contributed by atoms with Gasteiger partial charge in [0.15, 0.2) is 0 Å². The molecule has 0 radical (unpaired) electrons. The van der Waals surface area contributed by atoms with Crippen molar-refractivity contribution in [3.8, 4) is 0 Å². The molecule has 1 aliphatic carbocycles. The van der Waals surface area contributed by atoms with Crippen LogP contribution in [-0.2, 0) is 0 Å². The molecule has 0 N–H and O–H groups in total. The first kappa shape index (κ1) is 8.59. The molecule has 72 valence electrons. The molecule has 1 fully saturated rings. The highest BCUT2D eigenvalue weighted by atomic mass is 14.4. The Morgan fingerprint density at radius 1 is 1.25 bits per heavy atom. The summed E-state index contributed by atoms with van der Waals surface area (Å²) in [7, 11) is 0. The van der Waals surface area contributed by atoms with Crippen molar-refractivity contribution in [2.75, 3.05) is 0 Å². The average Bonchev–Trinajstić information content (AvgIpc) is 2.35. The SMILES string of the molecule is [2H]C(C)(C(C)(C)C)C1(C)CCCC1. The molecule has 1 aliphatic rings. The van der Waals surface area contributed by atoms with Gasteiger partial charge in [-0.1, -0.05) is 47.5 Å². The lowest BCUT2D eigenvalue weighted by Crippen LogP contribution is -2.32. The molecular formula is C12H24. The van der Waals surface area contributed by atoms with E-state index in [1.54, 1.807) is 0 Å². The van der Waals surface area contributed by atoms with E-state index in [9.17, 15) is 0 Å². The topological polar surface area (TPSA) is 0 Å². The van der Waals surface area contributed by atoms with E-state index < -0.39 is 0 Å². The lowest BCUT2D eigenvalue weighted by molar-refractivity contribution is 0.0926. The van der Waals surface area contributed by atoms with Crippen LogP contribution < -0.4 is 0 Å². The summed E-state index contributed by atoms with van der Waals surface area (Å²) in [5.41, 5.74) is 0.331. The third-order valence-electron chi connectivity index (χ3n) is 3.74. The van der Waals surface area contributed by atoms with Crippen molar-refractivity contribution < 1.29 is 1.37 Å². The summed E-state index contributed by atoms with van der Waals surface area (Å²) in [6.45, 7) is 11.0. The number of rotatable bonds is 1. The van der Waals surface area contributed by atoms with Crippen LogP contribution in [0.2, 0.25) is 0 Å². The van der Waals surface area contributed by atoms with E-state index in [0.29, 0.717) is 0 Å². The summed E-state index contributed by atoms with van der Waals surface area (Å²) < 4.78 is 8.57. The van der Waals surface area contributed by atoms with Gasteiger partial charge in [0.1, 0.15) is 0 Å². The second-order valence-corrected chi connectivity index (χ2v) is 5.64. The van der Waals surface area contributed by atoms with Crippen LogP contribution in [-0.4, -0.2) is 0 Å². The molecule has 1 atom stereocenters. The average molecular weight is 169 g/mol. The second kappa shape index (κ2) is 3.05. The highest BCUT2D eigenvalue weighted by Gasteiger charge is 2.39. The molecule has 0 spiro atoms. The van der Waals surface area contributed by atoms with E-state index in [2.05, 4.69) is 34.6 Å². The van der Waals surface area contributed by atoms with E-state index in [4.69, 9.17) is 1.37 Å². The van der Waals surface area contributed by atoms with E-state index in [-0.39, 0.29) is 16.7 Å². The van der Waals surface area contributed by atoms with Crippen LogP contribution in [0.3, 0.4) is 0 Å². The highest BCUT2D eigenvalue weighted by molar-refractivity contribution is 4.89. The molecule has 0 aliphatic heterocycles. The quantitative estimate of drug-likeness (QED) is 0.550. The second-order valence-electron chi connectivity index (χ2n) is 5.64. The highest BCUT2D eigenvalue weighted by Crippen LogP contribution is 2.49. The lowest BCUT2D eigenvalue weighted by atomic mass is 9.65. The van der Waals surface area contributed by atoms with Gasteiger partial charge < -0.3 is 0 Å². The summed E-state index contributed by atoms with van der Waals surface area (Å²) in [6.07, 6.45) is 5.12. The Balaban J connectivity index is 2.91. The maximum Gasteiger partial charge on any atom is 0.0311 e. The molecule has 1 saturated carbocycles. The molecule has 0 bridgehead atoms. The molecule has 0 heterocycles. The van der Waals surface area contributed by atoms with Crippen molar-refractivity contribution in [1.82, 2.24) is 0 Å². The molecule has 0 aromatic rings. The largest absolute Gasteiger partial charge is 0.0615 e. The summed E-state index contributed by atoms with van der Waals surface area (Å²) in [6, 6.07) is 0. The zero-order chi connectivity index (χ0) is 10.3. The Hall–Kier alpha value is 0. The van der Waals surface area contributed by atoms with Crippen LogP contribution in [0.5, 0.6) is 0 Å². The Bertz CT molecular complexity index is 180. The third kappa shape index (κ3) is 1.84. The maximum atomic E-state index is 8.57. The molecule has 0 nitrogen and oxygen atoms in total. The fourth-order valence-corrected chi connectivity index (χ4v) is 2.44. The zero-order valence-corrected chi connectivity index (χ0v) is 9.33. The standard InChI is InChI=1S/C12H24/c1-10(11(2,3)4)12(5)8-6-7-9-12/h10H,6-9H2,1-5H3/i10D. The molecule has 1 rings (SSSR count). The maximum absolute atomic E-state index is 8.57. The van der Waals surface area contributed by atoms with Gasteiger partial charge in [0, 0.05) is 1.37 Å². The minimum absolute atomic E-state index is 0.0894.